The van der Waals surface area contributed by atoms with Gasteiger partial charge in [0.2, 0.25) is 0 Å². The van der Waals surface area contributed by atoms with Crippen LogP contribution in [0, 0.1) is 17.8 Å². The molecule has 1 rings (SSSR count). The van der Waals surface area contributed by atoms with Gasteiger partial charge < -0.3 is 9.47 Å². The first-order valence-electron chi connectivity index (χ1n) is 8.35. The maximum absolute atomic E-state index is 6.06. The molecule has 0 amide bonds. The number of hydrogen-bond donors (Lipinski definition) is 0. The minimum absolute atomic E-state index is 0.155. The van der Waals surface area contributed by atoms with Crippen molar-refractivity contribution in [3.63, 3.8) is 0 Å². The molecule has 0 fully saturated rings. The molecule has 0 spiro atoms. The molecular weight excluding hydrogens is 260 g/mol. The molecule has 0 aliphatic carbocycles. The van der Waals surface area contributed by atoms with Gasteiger partial charge >= 0.3 is 0 Å². The van der Waals surface area contributed by atoms with E-state index in [1.54, 1.807) is 0 Å². The minimum atomic E-state index is -0.155. The molecule has 1 aromatic rings. The molecule has 0 bridgehead atoms. The van der Waals surface area contributed by atoms with Gasteiger partial charge in [0.05, 0.1) is 0 Å². The van der Waals surface area contributed by atoms with Crippen LogP contribution in [0.1, 0.15) is 53.5 Å². The fourth-order valence-corrected chi connectivity index (χ4v) is 2.83. The summed E-state index contributed by atoms with van der Waals surface area (Å²) in [6, 6.07) is 8.34. The first-order chi connectivity index (χ1) is 9.97. The molecular formula is C19H32O2. The highest BCUT2D eigenvalue weighted by Crippen LogP contribution is 2.27. The average Bonchev–Trinajstić information content (AvgIpc) is 2.44. The van der Waals surface area contributed by atoms with E-state index in [1.807, 2.05) is 19.1 Å². The zero-order valence-electron chi connectivity index (χ0n) is 14.6. The highest BCUT2D eigenvalue weighted by Gasteiger charge is 2.23. The molecule has 0 aliphatic heterocycles. The van der Waals surface area contributed by atoms with Crippen LogP contribution in [0.25, 0.3) is 0 Å². The lowest BCUT2D eigenvalue weighted by Gasteiger charge is -2.29. The summed E-state index contributed by atoms with van der Waals surface area (Å²) in [6.07, 6.45) is 1.84. The second kappa shape index (κ2) is 9.09. The number of benzene rings is 1. The van der Waals surface area contributed by atoms with E-state index < -0.39 is 0 Å². The van der Waals surface area contributed by atoms with Crippen molar-refractivity contribution in [1.29, 1.82) is 0 Å². The largest absolute Gasteiger partial charge is 0.465 e. The van der Waals surface area contributed by atoms with Gasteiger partial charge in [-0.25, -0.2) is 0 Å². The molecule has 0 radical (unpaired) electrons. The molecule has 1 atom stereocenters. The van der Waals surface area contributed by atoms with E-state index in [0.29, 0.717) is 24.4 Å². The smallest absolute Gasteiger partial charge is 0.200 e. The number of hydrogen-bond acceptors (Lipinski definition) is 2. The van der Waals surface area contributed by atoms with Gasteiger partial charge in [0.15, 0.2) is 6.29 Å². The summed E-state index contributed by atoms with van der Waals surface area (Å²) < 4.78 is 11.9. The Hall–Kier alpha value is -1.02. The van der Waals surface area contributed by atoms with Gasteiger partial charge in [0, 0.05) is 13.0 Å². The number of rotatable bonds is 9. The summed E-state index contributed by atoms with van der Waals surface area (Å²) in [5.41, 5.74) is 1.33. The Morgan fingerprint density at radius 3 is 1.90 bits per heavy atom. The molecule has 0 aromatic heterocycles. The van der Waals surface area contributed by atoms with Gasteiger partial charge in [-0.2, -0.15) is 0 Å². The van der Waals surface area contributed by atoms with Crippen LogP contribution >= 0.6 is 0 Å². The van der Waals surface area contributed by atoms with Crippen molar-refractivity contribution in [2.75, 3.05) is 6.61 Å². The molecule has 0 aliphatic rings. The molecule has 0 saturated carbocycles. The summed E-state index contributed by atoms with van der Waals surface area (Å²) in [6.45, 7) is 14.0. The van der Waals surface area contributed by atoms with Crippen LogP contribution in [0.5, 0.6) is 5.75 Å². The van der Waals surface area contributed by atoms with Crippen molar-refractivity contribution in [3.8, 4) is 5.75 Å². The molecule has 0 heterocycles. The average molecular weight is 292 g/mol. The second-order valence-electron chi connectivity index (χ2n) is 6.39. The summed E-state index contributed by atoms with van der Waals surface area (Å²) >= 11 is 0. The van der Waals surface area contributed by atoms with E-state index in [0.717, 1.165) is 18.6 Å². The Morgan fingerprint density at radius 1 is 0.905 bits per heavy atom. The van der Waals surface area contributed by atoms with Gasteiger partial charge in [0.25, 0.3) is 0 Å². The third kappa shape index (κ3) is 6.09. The van der Waals surface area contributed by atoms with Crippen molar-refractivity contribution >= 4 is 0 Å². The lowest BCUT2D eigenvalue weighted by Crippen LogP contribution is -2.28. The third-order valence-corrected chi connectivity index (χ3v) is 4.13. The molecule has 1 aromatic carbocycles. The molecule has 0 N–H and O–H groups in total. The van der Waals surface area contributed by atoms with E-state index in [2.05, 4.69) is 46.8 Å². The standard InChI is InChI=1S/C19H32O2/c1-7-16-9-11-17(12-10-16)21-19(20-8-2)13-18(14(3)4)15(5)6/h9-12,14-15,18-19H,7-8,13H2,1-6H3. The molecule has 21 heavy (non-hydrogen) atoms. The van der Waals surface area contributed by atoms with Crippen molar-refractivity contribution in [2.24, 2.45) is 17.8 Å². The maximum atomic E-state index is 6.06. The van der Waals surface area contributed by atoms with Crippen LogP contribution in [-0.4, -0.2) is 12.9 Å². The zero-order valence-corrected chi connectivity index (χ0v) is 14.6. The van der Waals surface area contributed by atoms with Crippen molar-refractivity contribution < 1.29 is 9.47 Å². The van der Waals surface area contributed by atoms with Crippen molar-refractivity contribution in [2.45, 2.75) is 60.7 Å². The van der Waals surface area contributed by atoms with E-state index >= 15 is 0 Å². The summed E-state index contributed by atoms with van der Waals surface area (Å²) in [5, 5.41) is 0. The number of ether oxygens (including phenoxy) is 2. The summed E-state index contributed by atoms with van der Waals surface area (Å²) in [4.78, 5) is 0. The SMILES string of the molecule is CCOC(CC(C(C)C)C(C)C)Oc1ccc(CC)cc1. The van der Waals surface area contributed by atoms with Gasteiger partial charge in [-0.15, -0.1) is 0 Å². The summed E-state index contributed by atoms with van der Waals surface area (Å²) in [5.74, 6) is 2.78. The predicted molar refractivity (Wildman–Crippen MR) is 89.6 cm³/mol. The minimum Gasteiger partial charge on any atom is -0.465 e. The molecule has 0 saturated heterocycles. The normalized spacial score (nSPS) is 13.2. The van der Waals surface area contributed by atoms with Gasteiger partial charge in [-0.05, 0) is 48.8 Å². The van der Waals surface area contributed by atoms with Gasteiger partial charge in [-0.3, -0.25) is 0 Å². The van der Waals surface area contributed by atoms with E-state index in [9.17, 15) is 0 Å². The molecule has 2 nitrogen and oxygen atoms in total. The monoisotopic (exact) mass is 292 g/mol. The van der Waals surface area contributed by atoms with Crippen LogP contribution in [-0.2, 0) is 11.2 Å². The maximum Gasteiger partial charge on any atom is 0.200 e. The molecule has 1 unspecified atom stereocenters. The van der Waals surface area contributed by atoms with Gasteiger partial charge in [0.1, 0.15) is 5.75 Å². The Labute approximate surface area is 130 Å². The quantitative estimate of drug-likeness (QED) is 0.574. The van der Waals surface area contributed by atoms with Crippen LogP contribution in [0.3, 0.4) is 0 Å². The Morgan fingerprint density at radius 2 is 1.48 bits per heavy atom. The zero-order chi connectivity index (χ0) is 15.8. The summed E-state index contributed by atoms with van der Waals surface area (Å²) in [7, 11) is 0. The van der Waals surface area contributed by atoms with Crippen molar-refractivity contribution in [1.82, 2.24) is 0 Å². The van der Waals surface area contributed by atoms with Gasteiger partial charge in [-0.1, -0.05) is 46.8 Å². The van der Waals surface area contributed by atoms with E-state index in [1.165, 1.54) is 5.56 Å². The molecule has 120 valence electrons. The topological polar surface area (TPSA) is 18.5 Å². The lowest BCUT2D eigenvalue weighted by molar-refractivity contribution is -0.0948. The fourth-order valence-electron chi connectivity index (χ4n) is 2.83. The third-order valence-electron chi connectivity index (χ3n) is 4.13. The van der Waals surface area contributed by atoms with Crippen LogP contribution in [0.15, 0.2) is 24.3 Å². The Bertz CT molecular complexity index is 373. The van der Waals surface area contributed by atoms with E-state index in [4.69, 9.17) is 9.47 Å². The molecule has 2 heteroatoms. The Balaban J connectivity index is 2.71. The van der Waals surface area contributed by atoms with Crippen LogP contribution in [0.4, 0.5) is 0 Å². The fraction of sp³-hybridized carbons (Fsp3) is 0.684. The Kier molecular flexibility index (Phi) is 7.81. The first-order valence-corrected chi connectivity index (χ1v) is 8.35. The van der Waals surface area contributed by atoms with Crippen molar-refractivity contribution in [3.05, 3.63) is 29.8 Å². The predicted octanol–water partition coefficient (Wildman–Crippen LogP) is 5.31. The lowest BCUT2D eigenvalue weighted by atomic mass is 9.83. The second-order valence-corrected chi connectivity index (χ2v) is 6.39. The highest BCUT2D eigenvalue weighted by molar-refractivity contribution is 5.27. The number of aryl methyl sites for hydroxylation is 1. The van der Waals surface area contributed by atoms with Crippen LogP contribution in [0.2, 0.25) is 0 Å². The van der Waals surface area contributed by atoms with E-state index in [-0.39, 0.29) is 6.29 Å². The van der Waals surface area contributed by atoms with Crippen LogP contribution < -0.4 is 4.74 Å². The first kappa shape index (κ1) is 18.0. The highest BCUT2D eigenvalue weighted by atomic mass is 16.7.